The summed E-state index contributed by atoms with van der Waals surface area (Å²) < 4.78 is 0. The Hall–Kier alpha value is -0.160. The number of hydrogen-bond donors (Lipinski definition) is 4. The number of rotatable bonds is 1. The van der Waals surface area contributed by atoms with Gasteiger partial charge in [0.15, 0.2) is 0 Å². The van der Waals surface area contributed by atoms with E-state index < -0.39 is 12.4 Å². The van der Waals surface area contributed by atoms with Gasteiger partial charge in [-0.3, -0.25) is 0 Å². The average Bonchev–Trinajstić information content (AvgIpc) is 1.65. The van der Waals surface area contributed by atoms with Gasteiger partial charge in [-0.15, -0.1) is 0 Å². The predicted molar refractivity (Wildman–Crippen MR) is 59.6 cm³/mol. The molecule has 4 N–H and O–H groups in total. The van der Waals surface area contributed by atoms with E-state index in [1.165, 1.54) is 13.8 Å². The van der Waals surface area contributed by atoms with E-state index in [1.54, 1.807) is 0 Å². The van der Waals surface area contributed by atoms with E-state index in [0.717, 1.165) is 0 Å². The smallest absolute Gasteiger partial charge is 0.148 e. The molecule has 1 atom stereocenters. The van der Waals surface area contributed by atoms with Gasteiger partial charge < -0.3 is 20.4 Å². The lowest BCUT2D eigenvalue weighted by Gasteiger charge is -1.90. The summed E-state index contributed by atoms with van der Waals surface area (Å²) in [7, 11) is 0. The molecule has 0 fully saturated rings. The standard InChI is InChI=1S/C3H8O2.C2H6O2.4CH4/c1-3(5)2-4;1-2(3)4;;;;/h3-5H,2H2,1H3;2-4H,1H3;4*1H4. The van der Waals surface area contributed by atoms with E-state index >= 15 is 0 Å². The largest absolute Gasteiger partial charge is 0.394 e. The van der Waals surface area contributed by atoms with Crippen LogP contribution in [0.1, 0.15) is 43.6 Å². The van der Waals surface area contributed by atoms with E-state index in [4.69, 9.17) is 20.4 Å². The van der Waals surface area contributed by atoms with Crippen molar-refractivity contribution in [2.45, 2.75) is 55.9 Å². The van der Waals surface area contributed by atoms with Gasteiger partial charge in [-0.25, -0.2) is 0 Å². The average molecular weight is 202 g/mol. The molecular weight excluding hydrogens is 172 g/mol. The Morgan fingerprint density at radius 1 is 0.846 bits per heavy atom. The summed E-state index contributed by atoms with van der Waals surface area (Å²) in [5.41, 5.74) is 0. The van der Waals surface area contributed by atoms with Gasteiger partial charge in [-0.05, 0) is 13.8 Å². The van der Waals surface area contributed by atoms with Gasteiger partial charge in [-0.1, -0.05) is 29.7 Å². The fourth-order valence-corrected chi connectivity index (χ4v) is 0. The van der Waals surface area contributed by atoms with Crippen molar-refractivity contribution in [3.8, 4) is 0 Å². The molecule has 0 heterocycles. The quantitative estimate of drug-likeness (QED) is 0.482. The first-order chi connectivity index (χ1) is 4.00. The van der Waals surface area contributed by atoms with Gasteiger partial charge in [0.25, 0.3) is 0 Å². The molecular formula is C9H30O4. The normalized spacial score (nSPS) is 8.54. The molecule has 0 bridgehead atoms. The number of aliphatic hydroxyl groups excluding tert-OH is 3. The van der Waals surface area contributed by atoms with Crippen molar-refractivity contribution in [3.63, 3.8) is 0 Å². The summed E-state index contributed by atoms with van der Waals surface area (Å²) in [4.78, 5) is 0. The Morgan fingerprint density at radius 3 is 0.923 bits per heavy atom. The summed E-state index contributed by atoms with van der Waals surface area (Å²) in [5, 5.41) is 31.2. The third-order valence-electron chi connectivity index (χ3n) is 0.264. The Labute approximate surface area is 83.9 Å². The maximum Gasteiger partial charge on any atom is 0.148 e. The molecule has 0 rings (SSSR count). The van der Waals surface area contributed by atoms with Gasteiger partial charge in [-0.2, -0.15) is 0 Å². The Kier molecular flexibility index (Phi) is 88.0. The van der Waals surface area contributed by atoms with Crippen LogP contribution in [0, 0.1) is 0 Å². The summed E-state index contributed by atoms with van der Waals surface area (Å²) in [6.07, 6.45) is -1.73. The maximum atomic E-state index is 8.11. The number of aliphatic hydroxyl groups is 4. The Morgan fingerprint density at radius 2 is 0.923 bits per heavy atom. The molecule has 0 spiro atoms. The zero-order chi connectivity index (χ0) is 7.86. The van der Waals surface area contributed by atoms with Crippen molar-refractivity contribution in [1.82, 2.24) is 0 Å². The van der Waals surface area contributed by atoms with Crippen LogP contribution in [0.2, 0.25) is 0 Å². The molecule has 0 aromatic carbocycles. The molecule has 13 heavy (non-hydrogen) atoms. The van der Waals surface area contributed by atoms with Gasteiger partial charge in [0.1, 0.15) is 6.29 Å². The minimum Gasteiger partial charge on any atom is -0.394 e. The monoisotopic (exact) mass is 202 g/mol. The second-order valence-corrected chi connectivity index (χ2v) is 1.66. The Balaban J connectivity index is -0.0000000146. The van der Waals surface area contributed by atoms with E-state index in [1.807, 2.05) is 0 Å². The summed E-state index contributed by atoms with van der Waals surface area (Å²) in [5.74, 6) is 0. The fraction of sp³-hybridized carbons (Fsp3) is 1.00. The third kappa shape index (κ3) is 339. The third-order valence-corrected chi connectivity index (χ3v) is 0.264. The van der Waals surface area contributed by atoms with Crippen LogP contribution >= 0.6 is 0 Å². The highest BCUT2D eigenvalue weighted by Crippen LogP contribution is 1.68. The molecule has 0 aromatic rings. The molecule has 0 aromatic heterocycles. The van der Waals surface area contributed by atoms with Gasteiger partial charge in [0, 0.05) is 0 Å². The van der Waals surface area contributed by atoms with Gasteiger partial charge in [0.2, 0.25) is 0 Å². The predicted octanol–water partition coefficient (Wildman–Crippen LogP) is 1.22. The molecule has 0 aliphatic heterocycles. The first-order valence-electron chi connectivity index (χ1n) is 2.65. The second-order valence-electron chi connectivity index (χ2n) is 1.66. The first-order valence-corrected chi connectivity index (χ1v) is 2.65. The lowest BCUT2D eigenvalue weighted by atomic mass is 10.5. The summed E-state index contributed by atoms with van der Waals surface area (Å²) in [6, 6.07) is 0. The lowest BCUT2D eigenvalue weighted by Crippen LogP contribution is -2.03. The summed E-state index contributed by atoms with van der Waals surface area (Å²) >= 11 is 0. The van der Waals surface area contributed by atoms with Crippen molar-refractivity contribution in [2.24, 2.45) is 0 Å². The Bertz CT molecular complexity index is 44.1. The maximum absolute atomic E-state index is 8.11. The van der Waals surface area contributed by atoms with Crippen molar-refractivity contribution in [3.05, 3.63) is 0 Å². The molecule has 0 saturated heterocycles. The van der Waals surface area contributed by atoms with E-state index in [-0.39, 0.29) is 36.3 Å². The molecule has 0 saturated carbocycles. The van der Waals surface area contributed by atoms with Gasteiger partial charge >= 0.3 is 0 Å². The molecule has 90 valence electrons. The molecule has 4 heteroatoms. The zero-order valence-electron chi connectivity index (χ0n) is 5.65. The van der Waals surface area contributed by atoms with Crippen LogP contribution in [0.15, 0.2) is 0 Å². The van der Waals surface area contributed by atoms with Crippen LogP contribution in [0.25, 0.3) is 0 Å². The second kappa shape index (κ2) is 29.7. The lowest BCUT2D eigenvalue weighted by molar-refractivity contribution is -0.0228. The fourth-order valence-electron chi connectivity index (χ4n) is 0. The molecule has 0 aliphatic rings. The molecule has 1 unspecified atom stereocenters. The van der Waals surface area contributed by atoms with Crippen LogP contribution < -0.4 is 0 Å². The van der Waals surface area contributed by atoms with Crippen LogP contribution in [-0.2, 0) is 0 Å². The molecule has 0 aliphatic carbocycles. The number of hydrogen-bond acceptors (Lipinski definition) is 4. The van der Waals surface area contributed by atoms with Crippen molar-refractivity contribution in [2.75, 3.05) is 6.61 Å². The topological polar surface area (TPSA) is 80.9 Å². The highest BCUT2D eigenvalue weighted by molar-refractivity contribution is 4.34. The van der Waals surface area contributed by atoms with Gasteiger partial charge in [0.05, 0.1) is 12.7 Å². The first kappa shape index (κ1) is 38.5. The molecule has 0 radical (unpaired) electrons. The van der Waals surface area contributed by atoms with Crippen LogP contribution in [-0.4, -0.2) is 39.4 Å². The highest BCUT2D eigenvalue weighted by atomic mass is 16.5. The van der Waals surface area contributed by atoms with Crippen LogP contribution in [0.3, 0.4) is 0 Å². The van der Waals surface area contributed by atoms with E-state index in [2.05, 4.69) is 0 Å². The van der Waals surface area contributed by atoms with E-state index in [9.17, 15) is 0 Å². The van der Waals surface area contributed by atoms with Crippen LogP contribution in [0.4, 0.5) is 0 Å². The van der Waals surface area contributed by atoms with Crippen molar-refractivity contribution in [1.29, 1.82) is 0 Å². The minimum absolute atomic E-state index is 0. The highest BCUT2D eigenvalue weighted by Gasteiger charge is 1.83. The van der Waals surface area contributed by atoms with Crippen molar-refractivity contribution >= 4 is 0 Å². The molecule has 4 nitrogen and oxygen atoms in total. The minimum atomic E-state index is -1.17. The SMILES string of the molecule is C.C.C.C.CC(O)CO.CC(O)O. The van der Waals surface area contributed by atoms with E-state index in [0.29, 0.717) is 0 Å². The molecule has 0 amide bonds. The zero-order valence-corrected chi connectivity index (χ0v) is 5.65. The summed E-state index contributed by atoms with van der Waals surface area (Å²) in [6.45, 7) is 2.67. The van der Waals surface area contributed by atoms with Crippen molar-refractivity contribution < 1.29 is 20.4 Å². The van der Waals surface area contributed by atoms with Crippen LogP contribution in [0.5, 0.6) is 0 Å².